The van der Waals surface area contributed by atoms with E-state index in [4.69, 9.17) is 0 Å². The predicted molar refractivity (Wildman–Crippen MR) is 112 cm³/mol. The maximum atomic E-state index is 4.62. The maximum absolute atomic E-state index is 4.62. The molecule has 128 valence electrons. The molecule has 0 amide bonds. The fourth-order valence-electron chi connectivity index (χ4n) is 2.88. The molecule has 4 rings (SSSR count). The van der Waals surface area contributed by atoms with Crippen molar-refractivity contribution in [3.8, 4) is 20.9 Å². The molecule has 0 atom stereocenters. The van der Waals surface area contributed by atoms with Gasteiger partial charge in [-0.25, -0.2) is 0 Å². The molecule has 0 radical (unpaired) electrons. The summed E-state index contributed by atoms with van der Waals surface area (Å²) in [7, 11) is 0. The van der Waals surface area contributed by atoms with Gasteiger partial charge in [-0.15, -0.1) is 22.7 Å². The van der Waals surface area contributed by atoms with Gasteiger partial charge in [0.2, 0.25) is 0 Å². The minimum atomic E-state index is 0.558. The number of hydrogen-bond donors (Lipinski definition) is 0. The minimum absolute atomic E-state index is 0.558. The van der Waals surface area contributed by atoms with E-state index in [9.17, 15) is 0 Å². The number of benzene rings is 1. The third-order valence-corrected chi connectivity index (χ3v) is 7.70. The summed E-state index contributed by atoms with van der Waals surface area (Å²) in [4.78, 5) is 5.38. The second kappa shape index (κ2) is 6.63. The maximum Gasteiger partial charge on any atom is 0.114 e. The number of aromatic nitrogens is 2. The molecule has 4 aromatic rings. The largest absolute Gasteiger partial charge is 0.172 e. The zero-order valence-electron chi connectivity index (χ0n) is 14.7. The first-order valence-corrected chi connectivity index (χ1v) is 10.9. The summed E-state index contributed by atoms with van der Waals surface area (Å²) in [5, 5.41) is 0. The zero-order chi connectivity index (χ0) is 17.6. The Balaban J connectivity index is 1.83. The Bertz CT molecular complexity index is 940. The van der Waals surface area contributed by atoms with Gasteiger partial charge in [-0.1, -0.05) is 39.8 Å². The van der Waals surface area contributed by atoms with E-state index in [0.717, 1.165) is 11.0 Å². The van der Waals surface area contributed by atoms with Crippen molar-refractivity contribution in [1.82, 2.24) is 8.75 Å². The topological polar surface area (TPSA) is 25.8 Å². The first-order chi connectivity index (χ1) is 12.0. The summed E-state index contributed by atoms with van der Waals surface area (Å²) in [5.41, 5.74) is 4.45. The van der Waals surface area contributed by atoms with Crippen LogP contribution >= 0.6 is 34.4 Å². The Morgan fingerprint density at radius 2 is 1.08 bits per heavy atom. The van der Waals surface area contributed by atoms with Crippen LogP contribution in [-0.4, -0.2) is 8.75 Å². The Morgan fingerprint density at radius 3 is 1.44 bits per heavy atom. The van der Waals surface area contributed by atoms with Crippen molar-refractivity contribution in [2.75, 3.05) is 0 Å². The number of nitrogens with zero attached hydrogens (tertiary/aromatic N) is 2. The fourth-order valence-corrected chi connectivity index (χ4v) is 5.53. The van der Waals surface area contributed by atoms with Crippen molar-refractivity contribution in [2.24, 2.45) is 0 Å². The van der Waals surface area contributed by atoms with Crippen molar-refractivity contribution in [2.45, 2.75) is 39.5 Å². The van der Waals surface area contributed by atoms with Crippen LogP contribution < -0.4 is 0 Å². The van der Waals surface area contributed by atoms with Crippen molar-refractivity contribution in [3.05, 3.63) is 46.2 Å². The molecule has 0 N–H and O–H groups in total. The van der Waals surface area contributed by atoms with E-state index in [-0.39, 0.29) is 0 Å². The van der Waals surface area contributed by atoms with Gasteiger partial charge < -0.3 is 0 Å². The van der Waals surface area contributed by atoms with E-state index in [1.165, 1.54) is 42.4 Å². The molecule has 0 aliphatic heterocycles. The highest BCUT2D eigenvalue weighted by atomic mass is 32.1. The molecule has 0 unspecified atom stereocenters. The van der Waals surface area contributed by atoms with E-state index in [2.05, 4.69) is 72.8 Å². The quantitative estimate of drug-likeness (QED) is 0.366. The Hall–Kier alpha value is -1.56. The number of fused-ring (bicyclic) bond motifs is 1. The molecule has 1 aromatic carbocycles. The van der Waals surface area contributed by atoms with E-state index < -0.39 is 0 Å². The molecular formula is C20H20N2S3. The molecule has 0 aliphatic rings. The molecule has 0 aliphatic carbocycles. The smallest absolute Gasteiger partial charge is 0.114 e. The van der Waals surface area contributed by atoms with Crippen LogP contribution in [-0.2, 0) is 0 Å². The fraction of sp³-hybridized carbons (Fsp3) is 0.300. The first-order valence-electron chi connectivity index (χ1n) is 8.50. The number of rotatable bonds is 4. The van der Waals surface area contributed by atoms with E-state index >= 15 is 0 Å². The van der Waals surface area contributed by atoms with Crippen LogP contribution in [0.1, 0.15) is 49.3 Å². The van der Waals surface area contributed by atoms with Crippen LogP contribution in [0, 0.1) is 0 Å². The molecule has 0 spiro atoms. The van der Waals surface area contributed by atoms with Gasteiger partial charge in [-0.2, -0.15) is 8.75 Å². The van der Waals surface area contributed by atoms with Crippen molar-refractivity contribution >= 4 is 45.4 Å². The van der Waals surface area contributed by atoms with Crippen molar-refractivity contribution in [3.63, 3.8) is 0 Å². The summed E-state index contributed by atoms with van der Waals surface area (Å²) >= 11 is 5.03. The van der Waals surface area contributed by atoms with Crippen LogP contribution in [0.25, 0.3) is 31.9 Å². The molecule has 0 saturated heterocycles. The van der Waals surface area contributed by atoms with Crippen LogP contribution in [0.2, 0.25) is 0 Å². The Kier molecular flexibility index (Phi) is 4.48. The van der Waals surface area contributed by atoms with Gasteiger partial charge in [-0.3, -0.25) is 0 Å². The molecular weight excluding hydrogens is 364 g/mol. The van der Waals surface area contributed by atoms with Crippen molar-refractivity contribution < 1.29 is 0 Å². The monoisotopic (exact) mass is 384 g/mol. The normalized spacial score (nSPS) is 11.9. The molecule has 0 saturated carbocycles. The highest BCUT2D eigenvalue weighted by molar-refractivity contribution is 7.16. The van der Waals surface area contributed by atoms with Gasteiger partial charge in [0, 0.05) is 30.6 Å². The molecule has 5 heteroatoms. The number of hydrogen-bond acceptors (Lipinski definition) is 5. The van der Waals surface area contributed by atoms with Gasteiger partial charge in [0.25, 0.3) is 0 Å². The third kappa shape index (κ3) is 3.05. The molecule has 2 nitrogen and oxygen atoms in total. The lowest BCUT2D eigenvalue weighted by atomic mass is 10.1. The van der Waals surface area contributed by atoms with Crippen LogP contribution in [0.15, 0.2) is 36.4 Å². The Morgan fingerprint density at radius 1 is 0.640 bits per heavy atom. The SMILES string of the molecule is CC(C)c1ccc(-c2ccc(-c3ccc(C(C)C)s3)c3nsnc23)s1. The lowest BCUT2D eigenvalue weighted by molar-refractivity contribution is 0.890. The lowest BCUT2D eigenvalue weighted by Gasteiger charge is -2.04. The van der Waals surface area contributed by atoms with Crippen LogP contribution in [0.4, 0.5) is 0 Å². The second-order valence-corrected chi connectivity index (χ2v) is 9.59. The van der Waals surface area contributed by atoms with E-state index in [1.807, 2.05) is 22.7 Å². The molecule has 25 heavy (non-hydrogen) atoms. The van der Waals surface area contributed by atoms with Crippen LogP contribution in [0.3, 0.4) is 0 Å². The van der Waals surface area contributed by atoms with Gasteiger partial charge in [0.15, 0.2) is 0 Å². The standard InChI is InChI=1S/C20H20N2S3/c1-11(2)15-7-9-17(23-15)13-5-6-14(20-19(13)21-25-22-20)18-10-8-16(24-18)12(3)4/h5-12H,1-4H3. The average molecular weight is 385 g/mol. The minimum Gasteiger partial charge on any atom is -0.172 e. The summed E-state index contributed by atoms with van der Waals surface area (Å²) in [5.74, 6) is 1.12. The lowest BCUT2D eigenvalue weighted by Crippen LogP contribution is -1.82. The van der Waals surface area contributed by atoms with E-state index in [1.54, 1.807) is 0 Å². The average Bonchev–Trinajstić information content (AvgIpc) is 3.32. The second-order valence-electron chi connectivity index (χ2n) is 6.84. The van der Waals surface area contributed by atoms with Crippen LogP contribution in [0.5, 0.6) is 0 Å². The Labute approximate surface area is 160 Å². The van der Waals surface area contributed by atoms with Gasteiger partial charge >= 0.3 is 0 Å². The first kappa shape index (κ1) is 16.9. The number of thiophene rings is 2. The molecule has 3 heterocycles. The summed E-state index contributed by atoms with van der Waals surface area (Å²) in [6.45, 7) is 8.95. The highest BCUT2D eigenvalue weighted by Crippen LogP contribution is 2.40. The molecule has 3 aromatic heterocycles. The highest BCUT2D eigenvalue weighted by Gasteiger charge is 2.16. The van der Waals surface area contributed by atoms with E-state index in [0.29, 0.717) is 11.8 Å². The summed E-state index contributed by atoms with van der Waals surface area (Å²) in [6.07, 6.45) is 0. The summed E-state index contributed by atoms with van der Waals surface area (Å²) in [6, 6.07) is 13.3. The molecule has 0 fully saturated rings. The molecule has 0 bridgehead atoms. The van der Waals surface area contributed by atoms with Gasteiger partial charge in [-0.05, 0) is 36.1 Å². The van der Waals surface area contributed by atoms with Gasteiger partial charge in [0.1, 0.15) is 11.0 Å². The van der Waals surface area contributed by atoms with Gasteiger partial charge in [0.05, 0.1) is 11.7 Å². The van der Waals surface area contributed by atoms with Crippen molar-refractivity contribution in [1.29, 1.82) is 0 Å². The summed E-state index contributed by atoms with van der Waals surface area (Å²) < 4.78 is 9.24. The predicted octanol–water partition coefficient (Wildman–Crippen LogP) is 7.40. The zero-order valence-corrected chi connectivity index (χ0v) is 17.2. The third-order valence-electron chi connectivity index (χ3n) is 4.34.